The lowest BCUT2D eigenvalue weighted by atomic mass is 10.1. The van der Waals surface area contributed by atoms with E-state index in [1.807, 2.05) is 6.92 Å². The van der Waals surface area contributed by atoms with Crippen LogP contribution in [-0.2, 0) is 0 Å². The SMILES string of the molecule is CC1CCCCCN1C(=O)c1ccc(F)c([N+](=O)[O-])c1. The highest BCUT2D eigenvalue weighted by Crippen LogP contribution is 2.23. The normalized spacial score (nSPS) is 19.5. The average molecular weight is 280 g/mol. The van der Waals surface area contributed by atoms with Crippen LogP contribution in [0, 0.1) is 15.9 Å². The first-order valence-corrected chi connectivity index (χ1v) is 6.75. The molecule has 1 atom stereocenters. The van der Waals surface area contributed by atoms with Gasteiger partial charge in [-0.1, -0.05) is 12.8 Å². The number of benzene rings is 1. The Morgan fingerprint density at radius 3 is 2.85 bits per heavy atom. The van der Waals surface area contributed by atoms with Crippen molar-refractivity contribution < 1.29 is 14.1 Å². The molecule has 2 rings (SSSR count). The predicted octanol–water partition coefficient (Wildman–Crippen LogP) is 3.14. The first kappa shape index (κ1) is 14.4. The molecule has 0 N–H and O–H groups in total. The molecule has 1 aromatic rings. The molecule has 0 radical (unpaired) electrons. The van der Waals surface area contributed by atoms with Gasteiger partial charge in [-0.2, -0.15) is 4.39 Å². The molecule has 1 unspecified atom stereocenters. The predicted molar refractivity (Wildman–Crippen MR) is 72.0 cm³/mol. The molecule has 0 aromatic heterocycles. The maximum atomic E-state index is 13.3. The van der Waals surface area contributed by atoms with Gasteiger partial charge in [-0.3, -0.25) is 14.9 Å². The molecule has 1 heterocycles. The minimum absolute atomic E-state index is 0.106. The molecule has 6 heteroatoms. The van der Waals surface area contributed by atoms with Gasteiger partial charge >= 0.3 is 5.69 Å². The Bertz CT molecular complexity index is 533. The Balaban J connectivity index is 2.28. The number of hydrogen-bond donors (Lipinski definition) is 0. The van der Waals surface area contributed by atoms with Gasteiger partial charge in [-0.05, 0) is 31.9 Å². The van der Waals surface area contributed by atoms with Gasteiger partial charge in [0.25, 0.3) is 5.91 Å². The van der Waals surface area contributed by atoms with Crippen LogP contribution in [0.3, 0.4) is 0 Å². The third kappa shape index (κ3) is 2.95. The zero-order valence-electron chi connectivity index (χ0n) is 11.3. The second-order valence-electron chi connectivity index (χ2n) is 5.12. The zero-order chi connectivity index (χ0) is 14.7. The van der Waals surface area contributed by atoms with Crippen LogP contribution in [0.5, 0.6) is 0 Å². The summed E-state index contributed by atoms with van der Waals surface area (Å²) in [5, 5.41) is 10.7. The number of likely N-dealkylation sites (tertiary alicyclic amines) is 1. The number of nitrogens with zero attached hydrogens (tertiary/aromatic N) is 2. The zero-order valence-corrected chi connectivity index (χ0v) is 11.3. The minimum Gasteiger partial charge on any atom is -0.336 e. The van der Waals surface area contributed by atoms with Crippen molar-refractivity contribution in [2.75, 3.05) is 6.54 Å². The molecule has 0 spiro atoms. The van der Waals surface area contributed by atoms with Crippen molar-refractivity contribution in [2.45, 2.75) is 38.6 Å². The Morgan fingerprint density at radius 1 is 1.40 bits per heavy atom. The maximum Gasteiger partial charge on any atom is 0.305 e. The summed E-state index contributed by atoms with van der Waals surface area (Å²) < 4.78 is 13.3. The van der Waals surface area contributed by atoms with Crippen LogP contribution >= 0.6 is 0 Å². The largest absolute Gasteiger partial charge is 0.336 e. The molecule has 0 aliphatic carbocycles. The van der Waals surface area contributed by atoms with E-state index >= 15 is 0 Å². The highest BCUT2D eigenvalue weighted by atomic mass is 19.1. The summed E-state index contributed by atoms with van der Waals surface area (Å²) >= 11 is 0. The Kier molecular flexibility index (Phi) is 4.32. The maximum absolute atomic E-state index is 13.3. The minimum atomic E-state index is -0.921. The Labute approximate surface area is 116 Å². The van der Waals surface area contributed by atoms with E-state index in [0.29, 0.717) is 6.54 Å². The number of carbonyl (C=O) groups is 1. The van der Waals surface area contributed by atoms with Gasteiger partial charge in [0, 0.05) is 24.2 Å². The average Bonchev–Trinajstić information content (AvgIpc) is 2.63. The van der Waals surface area contributed by atoms with Crippen molar-refractivity contribution >= 4 is 11.6 Å². The number of nitro groups is 1. The monoisotopic (exact) mass is 280 g/mol. The molecular weight excluding hydrogens is 263 g/mol. The molecule has 108 valence electrons. The van der Waals surface area contributed by atoms with Crippen molar-refractivity contribution in [1.82, 2.24) is 4.90 Å². The second kappa shape index (κ2) is 5.98. The number of hydrogen-bond acceptors (Lipinski definition) is 3. The lowest BCUT2D eigenvalue weighted by Crippen LogP contribution is -2.38. The van der Waals surface area contributed by atoms with Crippen LogP contribution in [0.25, 0.3) is 0 Å². The number of halogens is 1. The van der Waals surface area contributed by atoms with Crippen molar-refractivity contribution in [3.63, 3.8) is 0 Å². The number of rotatable bonds is 2. The molecule has 1 aliphatic rings. The lowest BCUT2D eigenvalue weighted by molar-refractivity contribution is -0.387. The van der Waals surface area contributed by atoms with E-state index in [0.717, 1.165) is 37.8 Å². The van der Waals surface area contributed by atoms with Gasteiger partial charge < -0.3 is 4.90 Å². The number of amides is 1. The van der Waals surface area contributed by atoms with Crippen molar-refractivity contribution in [3.05, 3.63) is 39.7 Å². The second-order valence-corrected chi connectivity index (χ2v) is 5.12. The van der Waals surface area contributed by atoms with Gasteiger partial charge in [-0.25, -0.2) is 0 Å². The van der Waals surface area contributed by atoms with E-state index in [4.69, 9.17) is 0 Å². The third-order valence-corrected chi connectivity index (χ3v) is 3.70. The van der Waals surface area contributed by atoms with E-state index in [-0.39, 0.29) is 17.5 Å². The van der Waals surface area contributed by atoms with Crippen LogP contribution in [0.4, 0.5) is 10.1 Å². The molecule has 20 heavy (non-hydrogen) atoms. The third-order valence-electron chi connectivity index (χ3n) is 3.70. The van der Waals surface area contributed by atoms with Crippen molar-refractivity contribution in [1.29, 1.82) is 0 Å². The van der Waals surface area contributed by atoms with Gasteiger partial charge in [0.1, 0.15) is 0 Å². The van der Waals surface area contributed by atoms with E-state index in [2.05, 4.69) is 0 Å². The summed E-state index contributed by atoms with van der Waals surface area (Å²) in [6.07, 6.45) is 4.01. The molecule has 1 saturated heterocycles. The fraction of sp³-hybridized carbons (Fsp3) is 0.500. The molecule has 1 amide bonds. The fourth-order valence-electron chi connectivity index (χ4n) is 2.53. The first-order chi connectivity index (χ1) is 9.50. The van der Waals surface area contributed by atoms with Gasteiger partial charge in [-0.15, -0.1) is 0 Å². The Morgan fingerprint density at radius 2 is 2.15 bits per heavy atom. The molecule has 5 nitrogen and oxygen atoms in total. The molecular formula is C14H17FN2O3. The van der Waals surface area contributed by atoms with Crippen LogP contribution in [-0.4, -0.2) is 28.3 Å². The van der Waals surface area contributed by atoms with Crippen molar-refractivity contribution in [2.24, 2.45) is 0 Å². The summed E-state index contributed by atoms with van der Waals surface area (Å²) in [7, 11) is 0. The fourth-order valence-corrected chi connectivity index (χ4v) is 2.53. The van der Waals surface area contributed by atoms with E-state index in [1.165, 1.54) is 6.07 Å². The van der Waals surface area contributed by atoms with Crippen LogP contribution in [0.15, 0.2) is 18.2 Å². The summed E-state index contributed by atoms with van der Waals surface area (Å²) in [6, 6.07) is 3.42. The van der Waals surface area contributed by atoms with Gasteiger partial charge in [0.15, 0.2) is 0 Å². The van der Waals surface area contributed by atoms with Gasteiger partial charge in [0.2, 0.25) is 5.82 Å². The molecule has 1 aromatic carbocycles. The summed E-state index contributed by atoms with van der Waals surface area (Å²) in [5.41, 5.74) is -0.481. The summed E-state index contributed by atoms with van der Waals surface area (Å²) in [4.78, 5) is 24.1. The van der Waals surface area contributed by atoms with E-state index < -0.39 is 16.4 Å². The van der Waals surface area contributed by atoms with E-state index in [9.17, 15) is 19.3 Å². The van der Waals surface area contributed by atoms with Crippen LogP contribution in [0.2, 0.25) is 0 Å². The quantitative estimate of drug-likeness (QED) is 0.617. The topological polar surface area (TPSA) is 63.5 Å². The highest BCUT2D eigenvalue weighted by Gasteiger charge is 2.25. The van der Waals surface area contributed by atoms with Crippen LogP contribution < -0.4 is 0 Å². The molecule has 1 aliphatic heterocycles. The molecule has 0 bridgehead atoms. The standard InChI is InChI=1S/C14H17FN2O3/c1-10-5-3-2-4-8-16(10)14(18)11-6-7-12(15)13(9-11)17(19)20/h6-7,9-10H,2-5,8H2,1H3. The summed E-state index contributed by atoms with van der Waals surface area (Å²) in [6.45, 7) is 2.62. The van der Waals surface area contributed by atoms with Crippen LogP contribution in [0.1, 0.15) is 43.0 Å². The highest BCUT2D eigenvalue weighted by molar-refractivity contribution is 5.95. The Hall–Kier alpha value is -1.98. The first-order valence-electron chi connectivity index (χ1n) is 6.75. The lowest BCUT2D eigenvalue weighted by Gasteiger charge is -2.27. The smallest absolute Gasteiger partial charge is 0.305 e. The number of carbonyl (C=O) groups excluding carboxylic acids is 1. The summed E-state index contributed by atoms with van der Waals surface area (Å²) in [5.74, 6) is -1.18. The van der Waals surface area contributed by atoms with E-state index in [1.54, 1.807) is 4.90 Å². The molecule has 1 fully saturated rings. The van der Waals surface area contributed by atoms with Gasteiger partial charge in [0.05, 0.1) is 4.92 Å². The van der Waals surface area contributed by atoms with Crippen molar-refractivity contribution in [3.8, 4) is 0 Å². The number of nitro benzene ring substituents is 1. The molecule has 0 saturated carbocycles.